The van der Waals surface area contributed by atoms with Crippen LogP contribution in [0, 0.1) is 5.82 Å². The second-order valence-electron chi connectivity index (χ2n) is 6.97. The van der Waals surface area contributed by atoms with Gasteiger partial charge in [0.05, 0.1) is 30.5 Å². The number of morpholine rings is 1. The van der Waals surface area contributed by atoms with Gasteiger partial charge in [-0.05, 0) is 17.5 Å². The lowest BCUT2D eigenvalue weighted by Crippen LogP contribution is -2.37. The van der Waals surface area contributed by atoms with E-state index in [1.54, 1.807) is 6.07 Å². The maximum Gasteiger partial charge on any atom is 0.338 e. The Morgan fingerprint density at radius 1 is 1.25 bits per heavy atom. The van der Waals surface area contributed by atoms with Gasteiger partial charge in [-0.15, -0.1) is 0 Å². The number of halogens is 1. The summed E-state index contributed by atoms with van der Waals surface area (Å²) >= 11 is 0. The third-order valence-electron chi connectivity index (χ3n) is 4.75. The minimum absolute atomic E-state index is 0.0193. The van der Waals surface area contributed by atoms with Crippen molar-refractivity contribution in [1.29, 1.82) is 0 Å². The number of benzene rings is 1. The molecule has 0 unspecified atom stereocenters. The summed E-state index contributed by atoms with van der Waals surface area (Å²) in [4.78, 5) is 22.3. The fourth-order valence-electron chi connectivity index (χ4n) is 3.24. The number of hydrogen-bond acceptors (Lipinski definition) is 6. The van der Waals surface area contributed by atoms with Crippen LogP contribution in [0.5, 0.6) is 0 Å². The van der Waals surface area contributed by atoms with E-state index in [1.165, 1.54) is 23.1 Å². The molecule has 0 aliphatic carbocycles. The number of carboxylic acids is 1. The maximum absolute atomic E-state index is 14.6. The zero-order chi connectivity index (χ0) is 19.8. The molecule has 1 saturated heterocycles. The van der Waals surface area contributed by atoms with E-state index in [0.29, 0.717) is 43.2 Å². The van der Waals surface area contributed by atoms with E-state index in [9.17, 15) is 9.18 Å². The average Bonchev–Trinajstić information content (AvgIpc) is 3.17. The number of aromatic carboxylic acids is 1. The molecule has 1 aromatic carbocycles. The molecule has 146 valence electrons. The van der Waals surface area contributed by atoms with Crippen molar-refractivity contribution in [3.8, 4) is 5.95 Å². The number of rotatable bonds is 4. The molecule has 3 aromatic rings. The standard InChI is InChI=1S/C19H20FN5O3/c1-11(2)13-7-14-16(8-15(13)20)22-19(25-10-12(9-21-25)18(26)27)23-17(14)24-3-5-28-6-4-24/h7-11H,3-6H2,1-2H3,(H,26,27). The molecule has 8 nitrogen and oxygen atoms in total. The summed E-state index contributed by atoms with van der Waals surface area (Å²) in [6, 6.07) is 3.21. The molecule has 0 bridgehead atoms. The Hall–Kier alpha value is -3.07. The third kappa shape index (κ3) is 3.29. The van der Waals surface area contributed by atoms with Crippen molar-refractivity contribution in [2.75, 3.05) is 31.2 Å². The lowest BCUT2D eigenvalue weighted by atomic mass is 10.0. The number of ether oxygens (including phenoxy) is 1. The van der Waals surface area contributed by atoms with Gasteiger partial charge in [-0.25, -0.2) is 18.9 Å². The molecule has 0 amide bonds. The highest BCUT2D eigenvalue weighted by Gasteiger charge is 2.21. The predicted molar refractivity (Wildman–Crippen MR) is 101 cm³/mol. The van der Waals surface area contributed by atoms with E-state index in [1.807, 2.05) is 13.8 Å². The van der Waals surface area contributed by atoms with Crippen LogP contribution >= 0.6 is 0 Å². The zero-order valence-corrected chi connectivity index (χ0v) is 15.6. The Kier molecular flexibility index (Phi) is 4.68. The molecule has 3 heterocycles. The van der Waals surface area contributed by atoms with Crippen LogP contribution in [0.15, 0.2) is 24.5 Å². The average molecular weight is 385 g/mol. The highest BCUT2D eigenvalue weighted by atomic mass is 19.1. The maximum atomic E-state index is 14.6. The van der Waals surface area contributed by atoms with Gasteiger partial charge in [0.2, 0.25) is 0 Å². The molecule has 9 heteroatoms. The number of nitrogens with zero attached hydrogens (tertiary/aromatic N) is 5. The van der Waals surface area contributed by atoms with Gasteiger partial charge < -0.3 is 14.7 Å². The molecule has 0 saturated carbocycles. The van der Waals surface area contributed by atoms with Crippen LogP contribution in [0.1, 0.15) is 35.7 Å². The summed E-state index contributed by atoms with van der Waals surface area (Å²) in [6.07, 6.45) is 2.57. The lowest BCUT2D eigenvalue weighted by molar-refractivity contribution is 0.0697. The SMILES string of the molecule is CC(C)c1cc2c(N3CCOCC3)nc(-n3cc(C(=O)O)cn3)nc2cc1F. The van der Waals surface area contributed by atoms with Crippen LogP contribution < -0.4 is 4.90 Å². The minimum Gasteiger partial charge on any atom is -0.478 e. The summed E-state index contributed by atoms with van der Waals surface area (Å²) in [5.74, 6) is -0.540. The Bertz CT molecular complexity index is 1040. The summed E-state index contributed by atoms with van der Waals surface area (Å²) < 4.78 is 21.3. The van der Waals surface area contributed by atoms with Gasteiger partial charge in [-0.2, -0.15) is 10.1 Å². The molecule has 1 aliphatic heterocycles. The van der Waals surface area contributed by atoms with E-state index < -0.39 is 5.97 Å². The largest absolute Gasteiger partial charge is 0.478 e. The Morgan fingerprint density at radius 2 is 2.00 bits per heavy atom. The smallest absolute Gasteiger partial charge is 0.338 e. The van der Waals surface area contributed by atoms with Crippen molar-refractivity contribution in [1.82, 2.24) is 19.7 Å². The molecule has 4 rings (SSSR count). The first-order valence-electron chi connectivity index (χ1n) is 9.06. The monoisotopic (exact) mass is 385 g/mol. The quantitative estimate of drug-likeness (QED) is 0.738. The molecule has 0 radical (unpaired) electrons. The Balaban J connectivity index is 1.91. The van der Waals surface area contributed by atoms with E-state index in [0.717, 1.165) is 5.39 Å². The summed E-state index contributed by atoms with van der Waals surface area (Å²) in [5, 5.41) is 13.9. The molecule has 0 atom stereocenters. The van der Waals surface area contributed by atoms with Crippen LogP contribution in [0.2, 0.25) is 0 Å². The van der Waals surface area contributed by atoms with Crippen molar-refractivity contribution >= 4 is 22.7 Å². The minimum atomic E-state index is -1.09. The van der Waals surface area contributed by atoms with E-state index in [-0.39, 0.29) is 23.2 Å². The van der Waals surface area contributed by atoms with Crippen molar-refractivity contribution in [3.05, 3.63) is 41.5 Å². The van der Waals surface area contributed by atoms with Crippen molar-refractivity contribution in [2.45, 2.75) is 19.8 Å². The molecule has 0 spiro atoms. The van der Waals surface area contributed by atoms with E-state index in [4.69, 9.17) is 9.84 Å². The summed E-state index contributed by atoms with van der Waals surface area (Å²) in [5.41, 5.74) is 1.07. The Morgan fingerprint density at radius 3 is 2.64 bits per heavy atom. The second-order valence-corrected chi connectivity index (χ2v) is 6.97. The molecular weight excluding hydrogens is 365 g/mol. The fraction of sp³-hybridized carbons (Fsp3) is 0.368. The topological polar surface area (TPSA) is 93.4 Å². The summed E-state index contributed by atoms with van der Waals surface area (Å²) in [7, 11) is 0. The predicted octanol–water partition coefficient (Wildman–Crippen LogP) is 2.61. The van der Waals surface area contributed by atoms with Crippen LogP contribution in [-0.4, -0.2) is 57.1 Å². The first-order valence-corrected chi connectivity index (χ1v) is 9.06. The third-order valence-corrected chi connectivity index (χ3v) is 4.75. The van der Waals surface area contributed by atoms with Gasteiger partial charge in [0.1, 0.15) is 11.6 Å². The van der Waals surface area contributed by atoms with Crippen molar-refractivity contribution < 1.29 is 19.0 Å². The van der Waals surface area contributed by atoms with Crippen LogP contribution in [0.25, 0.3) is 16.9 Å². The van der Waals surface area contributed by atoms with E-state index >= 15 is 0 Å². The number of carboxylic acid groups (broad SMARTS) is 1. The molecule has 28 heavy (non-hydrogen) atoms. The van der Waals surface area contributed by atoms with Gasteiger partial charge >= 0.3 is 5.97 Å². The van der Waals surface area contributed by atoms with Gasteiger partial charge in [-0.1, -0.05) is 13.8 Å². The van der Waals surface area contributed by atoms with Gasteiger partial charge in [-0.3, -0.25) is 0 Å². The van der Waals surface area contributed by atoms with Crippen LogP contribution in [-0.2, 0) is 4.74 Å². The number of hydrogen-bond donors (Lipinski definition) is 1. The van der Waals surface area contributed by atoms with Crippen molar-refractivity contribution in [2.24, 2.45) is 0 Å². The van der Waals surface area contributed by atoms with E-state index in [2.05, 4.69) is 20.0 Å². The molecule has 1 aliphatic rings. The molecule has 1 fully saturated rings. The molecule has 2 aromatic heterocycles. The Labute approximate surface area is 160 Å². The lowest BCUT2D eigenvalue weighted by Gasteiger charge is -2.29. The first kappa shape index (κ1) is 18.3. The van der Waals surface area contributed by atoms with Gasteiger partial charge in [0.15, 0.2) is 0 Å². The fourth-order valence-corrected chi connectivity index (χ4v) is 3.24. The van der Waals surface area contributed by atoms with Gasteiger partial charge in [0.25, 0.3) is 5.95 Å². The number of fused-ring (bicyclic) bond motifs is 1. The first-order chi connectivity index (χ1) is 13.4. The zero-order valence-electron chi connectivity index (χ0n) is 15.6. The number of carbonyl (C=O) groups is 1. The van der Waals surface area contributed by atoms with Crippen molar-refractivity contribution in [3.63, 3.8) is 0 Å². The molecular formula is C19H20FN5O3. The normalized spacial score (nSPS) is 14.8. The molecule has 1 N–H and O–H groups in total. The number of anilines is 1. The van der Waals surface area contributed by atoms with Gasteiger partial charge in [0, 0.05) is 30.7 Å². The van der Waals surface area contributed by atoms with Crippen LogP contribution in [0.3, 0.4) is 0 Å². The second kappa shape index (κ2) is 7.16. The number of aromatic nitrogens is 4. The summed E-state index contributed by atoms with van der Waals surface area (Å²) in [6.45, 7) is 6.32. The highest BCUT2D eigenvalue weighted by molar-refractivity contribution is 5.91. The van der Waals surface area contributed by atoms with Crippen LogP contribution in [0.4, 0.5) is 10.2 Å². The highest BCUT2D eigenvalue weighted by Crippen LogP contribution is 2.30.